The number of rotatable bonds is 19. The van der Waals surface area contributed by atoms with Crippen molar-refractivity contribution in [2.24, 2.45) is 5.92 Å². The van der Waals surface area contributed by atoms with Crippen LogP contribution in [0.5, 0.6) is 11.5 Å². The summed E-state index contributed by atoms with van der Waals surface area (Å²) in [6.45, 7) is 13.6. The van der Waals surface area contributed by atoms with Gasteiger partial charge in [0.05, 0.1) is 39.6 Å². The molecular formula is C30H45BrO7. The topological polar surface area (TPSA) is 94.5 Å². The second-order valence-corrected chi connectivity index (χ2v) is 10.6. The summed E-state index contributed by atoms with van der Waals surface area (Å²) in [5.41, 5.74) is 3.33. The number of ether oxygens (including phenoxy) is 4. The molecule has 2 N–H and O–H groups in total. The molecule has 0 heterocycles. The van der Waals surface area contributed by atoms with Crippen molar-refractivity contribution in [3.05, 3.63) is 46.6 Å². The number of hydrogen-bond donors (Lipinski definition) is 2. The molecule has 7 nitrogen and oxygen atoms in total. The molecule has 0 fully saturated rings. The molecule has 0 radical (unpaired) electrons. The molecule has 2 atom stereocenters. The third kappa shape index (κ3) is 10.0. The Balaban J connectivity index is 2.20. The summed E-state index contributed by atoms with van der Waals surface area (Å²) < 4.78 is 22.7. The van der Waals surface area contributed by atoms with Crippen LogP contribution >= 0.6 is 15.9 Å². The fourth-order valence-electron chi connectivity index (χ4n) is 4.87. The molecule has 1 aromatic rings. The molecule has 0 saturated carbocycles. The lowest BCUT2D eigenvalue weighted by molar-refractivity contribution is 0.0118. The highest BCUT2D eigenvalue weighted by molar-refractivity contribution is 9.09. The van der Waals surface area contributed by atoms with E-state index in [0.717, 1.165) is 43.0 Å². The molecule has 0 amide bonds. The van der Waals surface area contributed by atoms with Crippen LogP contribution in [0.1, 0.15) is 80.3 Å². The SMILES string of the molecule is C=C(C)C1CCC(C)=CC1c1c(OCCOCCOCCOCCBr)cc(CCCCC)c(C(=O)O)c1O. The summed E-state index contributed by atoms with van der Waals surface area (Å²) in [5, 5.41) is 22.3. The van der Waals surface area contributed by atoms with Crippen molar-refractivity contribution < 1.29 is 34.0 Å². The molecule has 38 heavy (non-hydrogen) atoms. The standard InChI is InChI=1S/C30H45BrO7/c1-5-6-7-8-23-20-26(38-18-17-37-16-15-36-14-13-35-12-11-31)28(29(32)27(23)30(33)34)25-19-22(4)9-10-24(25)21(2)3/h19-20,24-25,32H,2,5-18H2,1,3-4H3,(H,33,34). The minimum Gasteiger partial charge on any atom is -0.507 e. The maximum Gasteiger partial charge on any atom is 0.339 e. The van der Waals surface area contributed by atoms with E-state index in [0.29, 0.717) is 62.9 Å². The van der Waals surface area contributed by atoms with E-state index < -0.39 is 5.97 Å². The molecule has 2 rings (SSSR count). The molecule has 1 aromatic carbocycles. The van der Waals surface area contributed by atoms with Crippen LogP contribution < -0.4 is 4.74 Å². The van der Waals surface area contributed by atoms with Crippen LogP contribution in [-0.4, -0.2) is 67.8 Å². The first-order valence-corrected chi connectivity index (χ1v) is 14.8. The lowest BCUT2D eigenvalue weighted by atomic mass is 9.73. The first kappa shape index (κ1) is 32.3. The van der Waals surface area contributed by atoms with Crippen LogP contribution in [0.3, 0.4) is 0 Å². The summed E-state index contributed by atoms with van der Waals surface area (Å²) >= 11 is 3.31. The van der Waals surface area contributed by atoms with Crippen LogP contribution in [0.25, 0.3) is 0 Å². The Kier molecular flexibility index (Phi) is 15.0. The fraction of sp³-hybridized carbons (Fsp3) is 0.633. The highest BCUT2D eigenvalue weighted by Crippen LogP contribution is 2.48. The van der Waals surface area contributed by atoms with E-state index in [2.05, 4.69) is 42.4 Å². The van der Waals surface area contributed by atoms with Crippen LogP contribution in [-0.2, 0) is 20.6 Å². The first-order valence-electron chi connectivity index (χ1n) is 13.7. The van der Waals surface area contributed by atoms with Gasteiger partial charge in [-0.05, 0) is 57.1 Å². The van der Waals surface area contributed by atoms with Crippen LogP contribution in [0, 0.1) is 5.92 Å². The Bertz CT molecular complexity index is 928. The Hall–Kier alpha value is -1.87. The third-order valence-corrected chi connectivity index (χ3v) is 7.14. The summed E-state index contributed by atoms with van der Waals surface area (Å²) in [6, 6.07) is 1.82. The van der Waals surface area contributed by atoms with Crippen molar-refractivity contribution in [3.8, 4) is 11.5 Å². The number of halogens is 1. The fourth-order valence-corrected chi connectivity index (χ4v) is 5.10. The predicted molar refractivity (Wildman–Crippen MR) is 154 cm³/mol. The number of benzene rings is 1. The van der Waals surface area contributed by atoms with E-state index in [-0.39, 0.29) is 29.8 Å². The molecule has 0 spiro atoms. The van der Waals surface area contributed by atoms with E-state index in [1.165, 1.54) is 5.57 Å². The number of allylic oxidation sites excluding steroid dienone is 3. The molecule has 0 aromatic heterocycles. The number of carboxylic acids is 1. The normalized spacial score (nSPS) is 17.3. The quantitative estimate of drug-likeness (QED) is 0.105. The zero-order valence-corrected chi connectivity index (χ0v) is 24.8. The molecule has 214 valence electrons. The minimum absolute atomic E-state index is 0.0194. The van der Waals surface area contributed by atoms with Crippen LogP contribution in [0.15, 0.2) is 29.9 Å². The van der Waals surface area contributed by atoms with Crippen LogP contribution in [0.2, 0.25) is 0 Å². The molecule has 1 aliphatic rings. The third-order valence-electron chi connectivity index (χ3n) is 6.81. The van der Waals surface area contributed by atoms with Crippen molar-refractivity contribution in [3.63, 3.8) is 0 Å². The van der Waals surface area contributed by atoms with E-state index in [4.69, 9.17) is 18.9 Å². The predicted octanol–water partition coefficient (Wildman–Crippen LogP) is 6.66. The second-order valence-electron chi connectivity index (χ2n) is 9.84. The van der Waals surface area contributed by atoms with Gasteiger partial charge in [0.1, 0.15) is 23.7 Å². The van der Waals surface area contributed by atoms with Crippen molar-refractivity contribution in [2.45, 2.75) is 65.2 Å². The van der Waals surface area contributed by atoms with E-state index in [9.17, 15) is 15.0 Å². The number of phenols is 1. The largest absolute Gasteiger partial charge is 0.507 e. The van der Waals surface area contributed by atoms with Gasteiger partial charge in [0.25, 0.3) is 0 Å². The maximum atomic E-state index is 12.3. The van der Waals surface area contributed by atoms with Gasteiger partial charge >= 0.3 is 5.97 Å². The van der Waals surface area contributed by atoms with Gasteiger partial charge in [-0.15, -0.1) is 0 Å². The highest BCUT2D eigenvalue weighted by Gasteiger charge is 2.33. The number of aromatic carboxylic acids is 1. The molecule has 1 aliphatic carbocycles. The number of aromatic hydroxyl groups is 1. The van der Waals surface area contributed by atoms with Gasteiger partial charge in [0.15, 0.2) is 0 Å². The number of carbonyl (C=O) groups is 1. The van der Waals surface area contributed by atoms with Crippen molar-refractivity contribution >= 4 is 21.9 Å². The maximum absolute atomic E-state index is 12.3. The number of aryl methyl sites for hydroxylation is 1. The Morgan fingerprint density at radius 3 is 2.29 bits per heavy atom. The number of carboxylic acid groups (broad SMARTS) is 1. The second kappa shape index (κ2) is 17.7. The molecule has 0 bridgehead atoms. The number of unbranched alkanes of at least 4 members (excludes halogenated alkanes) is 2. The summed E-state index contributed by atoms with van der Waals surface area (Å²) in [6.07, 6.45) is 7.39. The monoisotopic (exact) mass is 596 g/mol. The molecule has 0 aliphatic heterocycles. The lowest BCUT2D eigenvalue weighted by Crippen LogP contribution is -2.20. The molecular weight excluding hydrogens is 552 g/mol. The van der Waals surface area contributed by atoms with E-state index in [1.54, 1.807) is 0 Å². The number of alkyl halides is 1. The van der Waals surface area contributed by atoms with Crippen molar-refractivity contribution in [2.75, 3.05) is 51.6 Å². The summed E-state index contributed by atoms with van der Waals surface area (Å²) in [7, 11) is 0. The lowest BCUT2D eigenvalue weighted by Gasteiger charge is -2.32. The Morgan fingerprint density at radius 1 is 1.08 bits per heavy atom. The molecule has 8 heteroatoms. The van der Waals surface area contributed by atoms with Gasteiger partial charge in [-0.2, -0.15) is 0 Å². The zero-order valence-electron chi connectivity index (χ0n) is 23.2. The van der Waals surface area contributed by atoms with Gasteiger partial charge in [-0.1, -0.05) is 59.5 Å². The minimum atomic E-state index is -1.12. The molecule has 2 unspecified atom stereocenters. The summed E-state index contributed by atoms with van der Waals surface area (Å²) in [4.78, 5) is 12.3. The van der Waals surface area contributed by atoms with Crippen LogP contribution in [0.4, 0.5) is 0 Å². The van der Waals surface area contributed by atoms with Crippen molar-refractivity contribution in [1.82, 2.24) is 0 Å². The Labute approximate surface area is 236 Å². The average molecular weight is 598 g/mol. The Morgan fingerprint density at radius 2 is 1.71 bits per heavy atom. The van der Waals surface area contributed by atoms with Gasteiger partial charge in [-0.3, -0.25) is 0 Å². The average Bonchev–Trinajstić information content (AvgIpc) is 2.87. The smallest absolute Gasteiger partial charge is 0.339 e. The summed E-state index contributed by atoms with van der Waals surface area (Å²) in [5.74, 6) is -0.914. The van der Waals surface area contributed by atoms with Gasteiger partial charge in [-0.25, -0.2) is 4.79 Å². The van der Waals surface area contributed by atoms with E-state index in [1.807, 2.05) is 13.0 Å². The molecule has 0 saturated heterocycles. The van der Waals surface area contributed by atoms with E-state index >= 15 is 0 Å². The first-order chi connectivity index (χ1) is 18.3. The highest BCUT2D eigenvalue weighted by atomic mass is 79.9. The number of hydrogen-bond acceptors (Lipinski definition) is 6. The zero-order chi connectivity index (χ0) is 27.9. The van der Waals surface area contributed by atoms with Crippen molar-refractivity contribution in [1.29, 1.82) is 0 Å². The van der Waals surface area contributed by atoms with Gasteiger partial charge in [0, 0.05) is 16.8 Å². The van der Waals surface area contributed by atoms with Gasteiger partial charge in [0.2, 0.25) is 0 Å². The van der Waals surface area contributed by atoms with Gasteiger partial charge < -0.3 is 29.2 Å².